The molecule has 2 heteroatoms. The van der Waals surface area contributed by atoms with E-state index in [0.29, 0.717) is 0 Å². The maximum Gasteiger partial charge on any atom is 0.123 e. The molecule has 72 valence electrons. The van der Waals surface area contributed by atoms with Gasteiger partial charge in [0.1, 0.15) is 5.75 Å². The topological polar surface area (TPSA) is 9.23 Å². The Labute approximate surface area is 93.6 Å². The van der Waals surface area contributed by atoms with Crippen molar-refractivity contribution >= 4 is 22.6 Å². The molecule has 0 bridgehead atoms. The molecule has 0 aliphatic carbocycles. The molecule has 1 rings (SSSR count). The van der Waals surface area contributed by atoms with Crippen LogP contribution in [0.25, 0.3) is 0 Å². The standard InChI is InChI=1S/C11H15IO/c1-11(2,3)9-6-5-8(12)7-10(9)13-4/h5-7H,1-4H3. The van der Waals surface area contributed by atoms with Crippen LogP contribution in [0.3, 0.4) is 0 Å². The minimum absolute atomic E-state index is 0.148. The van der Waals surface area contributed by atoms with Gasteiger partial charge in [0.05, 0.1) is 7.11 Å². The number of halogens is 1. The lowest BCUT2D eigenvalue weighted by atomic mass is 9.86. The maximum atomic E-state index is 5.35. The van der Waals surface area contributed by atoms with Gasteiger partial charge in [0.2, 0.25) is 0 Å². The Balaban J connectivity index is 3.22. The molecule has 0 amide bonds. The van der Waals surface area contributed by atoms with Crippen molar-refractivity contribution in [2.75, 3.05) is 7.11 Å². The van der Waals surface area contributed by atoms with E-state index in [-0.39, 0.29) is 5.41 Å². The number of hydrogen-bond donors (Lipinski definition) is 0. The monoisotopic (exact) mass is 290 g/mol. The van der Waals surface area contributed by atoms with Crippen LogP contribution in [0.5, 0.6) is 5.75 Å². The SMILES string of the molecule is COc1cc(I)ccc1C(C)(C)C. The van der Waals surface area contributed by atoms with E-state index in [4.69, 9.17) is 4.74 Å². The lowest BCUT2D eigenvalue weighted by Crippen LogP contribution is -2.12. The Kier molecular flexibility index (Phi) is 3.22. The molecule has 0 atom stereocenters. The first-order chi connectivity index (χ1) is 5.95. The van der Waals surface area contributed by atoms with Gasteiger partial charge in [-0.1, -0.05) is 26.8 Å². The Hall–Kier alpha value is -0.250. The van der Waals surface area contributed by atoms with Gasteiger partial charge in [-0.05, 0) is 45.7 Å². The van der Waals surface area contributed by atoms with Crippen LogP contribution in [0.2, 0.25) is 0 Å². The summed E-state index contributed by atoms with van der Waals surface area (Å²) in [5.74, 6) is 0.986. The van der Waals surface area contributed by atoms with E-state index in [1.807, 2.05) is 0 Å². The van der Waals surface area contributed by atoms with Gasteiger partial charge in [-0.3, -0.25) is 0 Å². The largest absolute Gasteiger partial charge is 0.496 e. The van der Waals surface area contributed by atoms with Crippen LogP contribution in [0.15, 0.2) is 18.2 Å². The number of benzene rings is 1. The van der Waals surface area contributed by atoms with Gasteiger partial charge in [0, 0.05) is 3.57 Å². The molecule has 0 radical (unpaired) electrons. The zero-order valence-electron chi connectivity index (χ0n) is 8.52. The summed E-state index contributed by atoms with van der Waals surface area (Å²) in [4.78, 5) is 0. The fourth-order valence-corrected chi connectivity index (χ4v) is 1.75. The molecular formula is C11H15IO. The smallest absolute Gasteiger partial charge is 0.123 e. The van der Waals surface area contributed by atoms with Gasteiger partial charge >= 0.3 is 0 Å². The Morgan fingerprint density at radius 2 is 1.85 bits per heavy atom. The molecule has 0 N–H and O–H groups in total. The van der Waals surface area contributed by atoms with Crippen LogP contribution in [0, 0.1) is 3.57 Å². The van der Waals surface area contributed by atoms with E-state index in [0.717, 1.165) is 5.75 Å². The quantitative estimate of drug-likeness (QED) is 0.718. The van der Waals surface area contributed by atoms with Crippen LogP contribution in [-0.4, -0.2) is 7.11 Å². The van der Waals surface area contributed by atoms with Crippen molar-refractivity contribution in [2.45, 2.75) is 26.2 Å². The molecule has 1 aromatic rings. The third-order valence-electron chi connectivity index (χ3n) is 1.97. The fraction of sp³-hybridized carbons (Fsp3) is 0.455. The van der Waals surface area contributed by atoms with E-state index in [9.17, 15) is 0 Å². The summed E-state index contributed by atoms with van der Waals surface area (Å²) in [7, 11) is 1.72. The second-order valence-electron chi connectivity index (χ2n) is 4.09. The molecule has 0 heterocycles. The highest BCUT2D eigenvalue weighted by Gasteiger charge is 2.18. The van der Waals surface area contributed by atoms with Crippen molar-refractivity contribution in [1.82, 2.24) is 0 Å². The van der Waals surface area contributed by atoms with Crippen molar-refractivity contribution in [1.29, 1.82) is 0 Å². The van der Waals surface area contributed by atoms with Crippen molar-refractivity contribution in [3.05, 3.63) is 27.3 Å². The highest BCUT2D eigenvalue weighted by atomic mass is 127. The summed E-state index contributed by atoms with van der Waals surface area (Å²) in [6.07, 6.45) is 0. The summed E-state index contributed by atoms with van der Waals surface area (Å²) in [6.45, 7) is 6.58. The molecule has 1 aromatic carbocycles. The molecule has 0 saturated heterocycles. The van der Waals surface area contributed by atoms with Gasteiger partial charge < -0.3 is 4.74 Å². The van der Waals surface area contributed by atoms with E-state index in [1.54, 1.807) is 7.11 Å². The highest BCUT2D eigenvalue weighted by Crippen LogP contribution is 2.32. The zero-order valence-corrected chi connectivity index (χ0v) is 10.7. The number of ether oxygens (including phenoxy) is 1. The van der Waals surface area contributed by atoms with Crippen LogP contribution in [0.4, 0.5) is 0 Å². The molecule has 0 aliphatic heterocycles. The summed E-state index contributed by atoms with van der Waals surface area (Å²) in [6, 6.07) is 6.32. The Morgan fingerprint density at radius 3 is 2.31 bits per heavy atom. The van der Waals surface area contributed by atoms with Crippen molar-refractivity contribution in [2.24, 2.45) is 0 Å². The summed E-state index contributed by atoms with van der Waals surface area (Å²) < 4.78 is 6.56. The molecule has 0 unspecified atom stereocenters. The first-order valence-electron chi connectivity index (χ1n) is 4.29. The van der Waals surface area contributed by atoms with Gasteiger partial charge in [-0.2, -0.15) is 0 Å². The van der Waals surface area contributed by atoms with Gasteiger partial charge in [0.15, 0.2) is 0 Å². The van der Waals surface area contributed by atoms with Gasteiger partial charge in [0.25, 0.3) is 0 Å². The summed E-state index contributed by atoms with van der Waals surface area (Å²) in [5.41, 5.74) is 1.41. The van der Waals surface area contributed by atoms with Crippen molar-refractivity contribution < 1.29 is 4.74 Å². The minimum Gasteiger partial charge on any atom is -0.496 e. The van der Waals surface area contributed by atoms with E-state index in [2.05, 4.69) is 61.6 Å². The lowest BCUT2D eigenvalue weighted by Gasteiger charge is -2.21. The second kappa shape index (κ2) is 3.86. The minimum atomic E-state index is 0.148. The number of rotatable bonds is 1. The Morgan fingerprint density at radius 1 is 1.23 bits per heavy atom. The van der Waals surface area contributed by atoms with E-state index in [1.165, 1.54) is 9.13 Å². The number of methoxy groups -OCH3 is 1. The average Bonchev–Trinajstić information content (AvgIpc) is 2.01. The zero-order chi connectivity index (χ0) is 10.1. The van der Waals surface area contributed by atoms with Crippen LogP contribution in [0.1, 0.15) is 26.3 Å². The van der Waals surface area contributed by atoms with Crippen molar-refractivity contribution in [3.63, 3.8) is 0 Å². The van der Waals surface area contributed by atoms with Crippen LogP contribution in [-0.2, 0) is 5.41 Å². The van der Waals surface area contributed by atoms with Gasteiger partial charge in [-0.25, -0.2) is 0 Å². The molecule has 0 aromatic heterocycles. The summed E-state index contributed by atoms with van der Waals surface area (Å²) in [5, 5.41) is 0. The van der Waals surface area contributed by atoms with Gasteiger partial charge in [-0.15, -0.1) is 0 Å². The first-order valence-corrected chi connectivity index (χ1v) is 5.37. The lowest BCUT2D eigenvalue weighted by molar-refractivity contribution is 0.397. The predicted octanol–water partition coefficient (Wildman–Crippen LogP) is 3.60. The molecule has 0 saturated carbocycles. The predicted molar refractivity (Wildman–Crippen MR) is 64.4 cm³/mol. The molecular weight excluding hydrogens is 275 g/mol. The van der Waals surface area contributed by atoms with Crippen LogP contribution >= 0.6 is 22.6 Å². The molecule has 0 spiro atoms. The fourth-order valence-electron chi connectivity index (χ4n) is 1.28. The molecule has 0 fully saturated rings. The van der Waals surface area contributed by atoms with Crippen LogP contribution < -0.4 is 4.74 Å². The second-order valence-corrected chi connectivity index (χ2v) is 5.34. The van der Waals surface area contributed by atoms with E-state index >= 15 is 0 Å². The summed E-state index contributed by atoms with van der Waals surface area (Å²) >= 11 is 2.29. The normalized spacial score (nSPS) is 11.5. The third-order valence-corrected chi connectivity index (χ3v) is 2.64. The van der Waals surface area contributed by atoms with Crippen molar-refractivity contribution in [3.8, 4) is 5.75 Å². The first kappa shape index (κ1) is 10.8. The third kappa shape index (κ3) is 2.59. The maximum absolute atomic E-state index is 5.35. The molecule has 13 heavy (non-hydrogen) atoms. The molecule has 0 aliphatic rings. The number of hydrogen-bond acceptors (Lipinski definition) is 1. The molecule has 1 nitrogen and oxygen atoms in total. The average molecular weight is 290 g/mol. The van der Waals surface area contributed by atoms with E-state index < -0.39 is 0 Å². The highest BCUT2D eigenvalue weighted by molar-refractivity contribution is 14.1. The Bertz CT molecular complexity index is 299.